The number of carbonyl (C=O) groups excluding carboxylic acids is 1. The van der Waals surface area contributed by atoms with Crippen LogP contribution in [0, 0.1) is 0 Å². The van der Waals surface area contributed by atoms with Crippen LogP contribution in [0.15, 0.2) is 18.2 Å². The Labute approximate surface area is 104 Å². The van der Waals surface area contributed by atoms with Crippen LogP contribution in [-0.4, -0.2) is 26.2 Å². The zero-order valence-electron chi connectivity index (χ0n) is 8.81. The van der Waals surface area contributed by atoms with Gasteiger partial charge in [0.15, 0.2) is 0 Å². The molecule has 2 amide bonds. The van der Waals surface area contributed by atoms with Crippen LogP contribution in [0.25, 0.3) is 0 Å². The predicted octanol–water partition coefficient (Wildman–Crippen LogP) is 2.33. The Kier molecular flexibility index (Phi) is 5.38. The van der Waals surface area contributed by atoms with Gasteiger partial charge in [0, 0.05) is 28.8 Å². The van der Waals surface area contributed by atoms with Crippen LogP contribution in [0.3, 0.4) is 0 Å². The fourth-order valence-electron chi connectivity index (χ4n) is 1.10. The summed E-state index contributed by atoms with van der Waals surface area (Å²) in [6.45, 7) is 1.26. The Balaban J connectivity index is 2.49. The number of likely N-dealkylation sites (N-methyl/N-ethyl adjacent to an activating group) is 1. The molecule has 0 spiro atoms. The van der Waals surface area contributed by atoms with Crippen LogP contribution in [0.4, 0.5) is 10.5 Å². The topological polar surface area (TPSA) is 53.2 Å². The van der Waals surface area contributed by atoms with Gasteiger partial charge < -0.3 is 16.0 Å². The van der Waals surface area contributed by atoms with E-state index >= 15 is 0 Å². The Morgan fingerprint density at radius 2 is 1.81 bits per heavy atom. The Bertz CT molecular complexity index is 351. The third-order valence-corrected chi connectivity index (χ3v) is 2.22. The van der Waals surface area contributed by atoms with Crippen molar-refractivity contribution in [2.24, 2.45) is 0 Å². The fraction of sp³-hybridized carbons (Fsp3) is 0.300. The van der Waals surface area contributed by atoms with Crippen molar-refractivity contribution in [2.45, 2.75) is 0 Å². The molecule has 0 saturated carbocycles. The number of halogens is 2. The first-order valence-corrected chi connectivity index (χ1v) is 5.53. The van der Waals surface area contributed by atoms with Crippen molar-refractivity contribution in [3.05, 3.63) is 28.2 Å². The van der Waals surface area contributed by atoms with Gasteiger partial charge in [-0.2, -0.15) is 0 Å². The molecule has 0 fully saturated rings. The van der Waals surface area contributed by atoms with Crippen molar-refractivity contribution in [1.82, 2.24) is 10.6 Å². The molecule has 0 saturated heterocycles. The number of nitrogens with one attached hydrogen (secondary N) is 3. The van der Waals surface area contributed by atoms with Crippen molar-refractivity contribution in [3.63, 3.8) is 0 Å². The summed E-state index contributed by atoms with van der Waals surface area (Å²) in [6, 6.07) is 4.58. The smallest absolute Gasteiger partial charge is 0.319 e. The minimum absolute atomic E-state index is 0.284. The molecular weight excluding hydrogens is 249 g/mol. The molecule has 16 heavy (non-hydrogen) atoms. The highest BCUT2D eigenvalue weighted by Gasteiger charge is 2.02. The zero-order chi connectivity index (χ0) is 12.0. The molecule has 88 valence electrons. The first kappa shape index (κ1) is 13.1. The Hall–Kier alpha value is -0.970. The van der Waals surface area contributed by atoms with Gasteiger partial charge in [0.2, 0.25) is 0 Å². The van der Waals surface area contributed by atoms with Gasteiger partial charge >= 0.3 is 6.03 Å². The summed E-state index contributed by atoms with van der Waals surface area (Å²) in [4.78, 5) is 11.4. The van der Waals surface area contributed by atoms with E-state index in [1.165, 1.54) is 0 Å². The van der Waals surface area contributed by atoms with Crippen molar-refractivity contribution >= 4 is 34.9 Å². The molecule has 1 rings (SSSR count). The lowest BCUT2D eigenvalue weighted by molar-refractivity contribution is 0.252. The average Bonchev–Trinajstić information content (AvgIpc) is 2.16. The minimum atomic E-state index is -0.284. The lowest BCUT2D eigenvalue weighted by Gasteiger charge is -2.07. The summed E-state index contributed by atoms with van der Waals surface area (Å²) in [7, 11) is 1.82. The molecule has 0 radical (unpaired) electrons. The third kappa shape index (κ3) is 4.70. The maximum Gasteiger partial charge on any atom is 0.319 e. The number of hydrogen-bond donors (Lipinski definition) is 3. The number of urea groups is 1. The molecule has 3 N–H and O–H groups in total. The SMILES string of the molecule is CNCCNC(=O)Nc1cc(Cl)cc(Cl)c1. The van der Waals surface area contributed by atoms with Gasteiger partial charge in [-0.3, -0.25) is 0 Å². The number of benzene rings is 1. The van der Waals surface area contributed by atoms with Gasteiger partial charge in [0.05, 0.1) is 0 Å². The normalized spacial score (nSPS) is 9.94. The van der Waals surface area contributed by atoms with E-state index in [9.17, 15) is 4.79 Å². The van der Waals surface area contributed by atoms with E-state index < -0.39 is 0 Å². The predicted molar refractivity (Wildman–Crippen MR) is 67.4 cm³/mol. The quantitative estimate of drug-likeness (QED) is 0.729. The number of rotatable bonds is 4. The van der Waals surface area contributed by atoms with Crippen molar-refractivity contribution in [2.75, 3.05) is 25.5 Å². The van der Waals surface area contributed by atoms with E-state index in [1.54, 1.807) is 18.2 Å². The van der Waals surface area contributed by atoms with Crippen LogP contribution in [0.1, 0.15) is 0 Å². The first-order chi connectivity index (χ1) is 7.61. The summed E-state index contributed by atoms with van der Waals surface area (Å²) in [5.74, 6) is 0. The lowest BCUT2D eigenvalue weighted by Crippen LogP contribution is -2.33. The van der Waals surface area contributed by atoms with E-state index in [0.717, 1.165) is 0 Å². The molecule has 4 nitrogen and oxygen atoms in total. The molecular formula is C10H13Cl2N3O. The minimum Gasteiger partial charge on any atom is -0.337 e. The van der Waals surface area contributed by atoms with Crippen LogP contribution < -0.4 is 16.0 Å². The first-order valence-electron chi connectivity index (χ1n) is 4.77. The summed E-state index contributed by atoms with van der Waals surface area (Å²) < 4.78 is 0. The molecule has 0 aliphatic heterocycles. The third-order valence-electron chi connectivity index (χ3n) is 1.78. The van der Waals surface area contributed by atoms with Gasteiger partial charge in [-0.15, -0.1) is 0 Å². The maximum absolute atomic E-state index is 11.4. The molecule has 0 aliphatic carbocycles. The van der Waals surface area contributed by atoms with Crippen LogP contribution >= 0.6 is 23.2 Å². The van der Waals surface area contributed by atoms with E-state index in [0.29, 0.717) is 28.8 Å². The highest BCUT2D eigenvalue weighted by molar-refractivity contribution is 6.35. The largest absolute Gasteiger partial charge is 0.337 e. The Morgan fingerprint density at radius 3 is 2.38 bits per heavy atom. The zero-order valence-corrected chi connectivity index (χ0v) is 10.3. The van der Waals surface area contributed by atoms with E-state index in [1.807, 2.05) is 7.05 Å². The highest BCUT2D eigenvalue weighted by Crippen LogP contribution is 2.22. The second-order valence-corrected chi connectivity index (χ2v) is 4.02. The molecule has 1 aromatic rings. The number of anilines is 1. The van der Waals surface area contributed by atoms with Gasteiger partial charge in [-0.25, -0.2) is 4.79 Å². The second-order valence-electron chi connectivity index (χ2n) is 3.14. The molecule has 0 unspecified atom stereocenters. The van der Waals surface area contributed by atoms with Gasteiger partial charge in [0.1, 0.15) is 0 Å². The standard InChI is InChI=1S/C10H13Cl2N3O/c1-13-2-3-14-10(16)15-9-5-7(11)4-8(12)6-9/h4-6,13H,2-3H2,1H3,(H2,14,15,16). The lowest BCUT2D eigenvalue weighted by atomic mass is 10.3. The van der Waals surface area contributed by atoms with Crippen molar-refractivity contribution in [1.29, 1.82) is 0 Å². The molecule has 0 aliphatic rings. The van der Waals surface area contributed by atoms with Crippen LogP contribution in [0.2, 0.25) is 10.0 Å². The van der Waals surface area contributed by atoms with Gasteiger partial charge in [0.25, 0.3) is 0 Å². The number of hydrogen-bond acceptors (Lipinski definition) is 2. The summed E-state index contributed by atoms with van der Waals surface area (Å²) in [5.41, 5.74) is 0.569. The molecule has 0 bridgehead atoms. The van der Waals surface area contributed by atoms with Crippen LogP contribution in [-0.2, 0) is 0 Å². The van der Waals surface area contributed by atoms with E-state index in [2.05, 4.69) is 16.0 Å². The maximum atomic E-state index is 11.4. The molecule has 0 aromatic heterocycles. The van der Waals surface area contributed by atoms with Crippen molar-refractivity contribution in [3.8, 4) is 0 Å². The Morgan fingerprint density at radius 1 is 1.19 bits per heavy atom. The molecule has 6 heteroatoms. The molecule has 0 atom stereocenters. The fourth-order valence-corrected chi connectivity index (χ4v) is 1.63. The molecule has 1 aromatic carbocycles. The van der Waals surface area contributed by atoms with Gasteiger partial charge in [-0.1, -0.05) is 23.2 Å². The number of amides is 2. The highest BCUT2D eigenvalue weighted by atomic mass is 35.5. The summed E-state index contributed by atoms with van der Waals surface area (Å²) in [5, 5.41) is 9.20. The van der Waals surface area contributed by atoms with Crippen molar-refractivity contribution < 1.29 is 4.79 Å². The second kappa shape index (κ2) is 6.58. The summed E-state index contributed by atoms with van der Waals surface area (Å²) >= 11 is 11.6. The average molecular weight is 262 g/mol. The van der Waals surface area contributed by atoms with E-state index in [-0.39, 0.29) is 6.03 Å². The number of carbonyl (C=O) groups is 1. The van der Waals surface area contributed by atoms with Crippen LogP contribution in [0.5, 0.6) is 0 Å². The molecule has 0 heterocycles. The van der Waals surface area contributed by atoms with Gasteiger partial charge in [-0.05, 0) is 25.2 Å². The summed E-state index contributed by atoms with van der Waals surface area (Å²) in [6.07, 6.45) is 0. The van der Waals surface area contributed by atoms with E-state index in [4.69, 9.17) is 23.2 Å². The monoisotopic (exact) mass is 261 g/mol.